The Hall–Kier alpha value is -1.57. The van der Waals surface area contributed by atoms with E-state index in [1.165, 1.54) is 204 Å². The quantitative estimate of drug-likeness (QED) is 0.0607. The molecule has 0 saturated heterocycles. The molecule has 0 bridgehead atoms. The molecule has 0 fully saturated rings. The van der Waals surface area contributed by atoms with Crippen LogP contribution in [0.5, 0.6) is 0 Å². The molecule has 246 valence electrons. The highest BCUT2D eigenvalue weighted by Crippen LogP contribution is 2.17. The van der Waals surface area contributed by atoms with Crippen LogP contribution in [0.25, 0.3) is 5.69 Å². The summed E-state index contributed by atoms with van der Waals surface area (Å²) in [5.74, 6) is 1.50. The number of hydrogen-bond donors (Lipinski definition) is 0. The van der Waals surface area contributed by atoms with Gasteiger partial charge in [-0.2, -0.15) is 4.57 Å². The first-order valence-corrected chi connectivity index (χ1v) is 19.5. The first-order valence-electron chi connectivity index (χ1n) is 19.5. The maximum atomic E-state index is 2.56. The van der Waals surface area contributed by atoms with Crippen molar-refractivity contribution < 1.29 is 4.57 Å². The van der Waals surface area contributed by atoms with Gasteiger partial charge in [0, 0.05) is 6.42 Å². The summed E-state index contributed by atoms with van der Waals surface area (Å²) >= 11 is 0. The summed E-state index contributed by atoms with van der Waals surface area (Å²) in [5.41, 5.74) is 1.31. The van der Waals surface area contributed by atoms with Gasteiger partial charge < -0.3 is 0 Å². The van der Waals surface area contributed by atoms with Crippen molar-refractivity contribution in [3.05, 3.63) is 48.5 Å². The maximum absolute atomic E-state index is 2.56. The molecule has 43 heavy (non-hydrogen) atoms. The van der Waals surface area contributed by atoms with Crippen LogP contribution in [0.1, 0.15) is 199 Å². The van der Waals surface area contributed by atoms with E-state index in [1.54, 1.807) is 0 Å². The first-order chi connectivity index (χ1) is 21.4. The number of unbranched alkanes of at least 4 members (excludes halogenated alkanes) is 26. The van der Waals surface area contributed by atoms with Gasteiger partial charge in [-0.25, -0.2) is 4.57 Å². The van der Waals surface area contributed by atoms with E-state index in [1.807, 2.05) is 0 Å². The molecule has 1 heterocycles. The van der Waals surface area contributed by atoms with Gasteiger partial charge in [0.05, 0.1) is 6.54 Å². The molecule has 0 spiro atoms. The van der Waals surface area contributed by atoms with Crippen LogP contribution < -0.4 is 4.57 Å². The van der Waals surface area contributed by atoms with Crippen molar-refractivity contribution in [3.63, 3.8) is 0 Å². The Morgan fingerprint density at radius 2 is 0.814 bits per heavy atom. The van der Waals surface area contributed by atoms with Gasteiger partial charge in [0.2, 0.25) is 0 Å². The summed E-state index contributed by atoms with van der Waals surface area (Å²) in [6, 6.07) is 11.0. The minimum atomic E-state index is 1.17. The van der Waals surface area contributed by atoms with Crippen molar-refractivity contribution in [2.45, 2.75) is 207 Å². The van der Waals surface area contributed by atoms with Crippen molar-refractivity contribution >= 4 is 0 Å². The van der Waals surface area contributed by atoms with Crippen LogP contribution in [0.2, 0.25) is 0 Å². The average Bonchev–Trinajstić information content (AvgIpc) is 3.44. The Labute approximate surface area is 269 Å². The molecular weight excluding hydrogens is 520 g/mol. The Bertz CT molecular complexity index is 839. The Morgan fingerprint density at radius 3 is 1.23 bits per heavy atom. The van der Waals surface area contributed by atoms with Crippen molar-refractivity contribution in [2.24, 2.45) is 0 Å². The van der Waals surface area contributed by atoms with Crippen LogP contribution in [-0.2, 0) is 13.0 Å². The van der Waals surface area contributed by atoms with Gasteiger partial charge in [-0.05, 0) is 31.4 Å². The normalized spacial score (nSPS) is 11.5. The second-order valence-electron chi connectivity index (χ2n) is 13.6. The SMILES string of the molecule is CCCCCCCCCCCCCCCCCCCc1n(-c2ccccc2)cc[n+]1CCCCCCCCCCCCC. The van der Waals surface area contributed by atoms with Crippen molar-refractivity contribution in [1.82, 2.24) is 4.57 Å². The van der Waals surface area contributed by atoms with E-state index < -0.39 is 0 Å². The van der Waals surface area contributed by atoms with Crippen molar-refractivity contribution in [3.8, 4) is 5.69 Å². The van der Waals surface area contributed by atoms with Crippen LogP contribution >= 0.6 is 0 Å². The predicted octanol–water partition coefficient (Wildman–Crippen LogP) is 13.3. The van der Waals surface area contributed by atoms with Gasteiger partial charge in [-0.15, -0.1) is 0 Å². The standard InChI is InChI=1S/C41H73N2/c1-3-5-7-9-11-13-15-16-17-18-19-20-21-23-25-27-32-36-41-42(38-39-43(41)40-34-30-29-31-35-40)37-33-28-26-24-22-14-12-10-8-6-4-2/h29-31,34-35,38-39H,3-28,32-33,36-37H2,1-2H3/q+1. The molecule has 0 aliphatic heterocycles. The van der Waals surface area contributed by atoms with E-state index in [4.69, 9.17) is 0 Å². The van der Waals surface area contributed by atoms with E-state index in [9.17, 15) is 0 Å². The third-order valence-electron chi connectivity index (χ3n) is 9.55. The van der Waals surface area contributed by atoms with E-state index in [0.717, 1.165) is 0 Å². The molecule has 2 heteroatoms. The number of aromatic nitrogens is 2. The van der Waals surface area contributed by atoms with Crippen LogP contribution in [-0.4, -0.2) is 4.57 Å². The fourth-order valence-corrected chi connectivity index (χ4v) is 6.70. The second kappa shape index (κ2) is 27.9. The lowest BCUT2D eigenvalue weighted by Crippen LogP contribution is -2.37. The van der Waals surface area contributed by atoms with E-state index >= 15 is 0 Å². The summed E-state index contributed by atoms with van der Waals surface area (Å²) in [6.07, 6.45) is 45.8. The van der Waals surface area contributed by atoms with Gasteiger partial charge >= 0.3 is 0 Å². The molecule has 0 radical (unpaired) electrons. The predicted molar refractivity (Wildman–Crippen MR) is 190 cm³/mol. The Kier molecular flexibility index (Phi) is 24.4. The number of nitrogens with zero attached hydrogens (tertiary/aromatic N) is 2. The Morgan fingerprint density at radius 1 is 0.442 bits per heavy atom. The molecule has 0 saturated carbocycles. The molecule has 0 atom stereocenters. The van der Waals surface area contributed by atoms with Gasteiger partial charge in [0.15, 0.2) is 0 Å². The summed E-state index contributed by atoms with van der Waals surface area (Å²) in [6.45, 7) is 5.78. The molecule has 2 aromatic rings. The highest BCUT2D eigenvalue weighted by molar-refractivity contribution is 5.31. The van der Waals surface area contributed by atoms with Gasteiger partial charge in [-0.3, -0.25) is 0 Å². The molecule has 0 aliphatic rings. The van der Waals surface area contributed by atoms with Crippen LogP contribution in [0.3, 0.4) is 0 Å². The largest absolute Gasteiger partial charge is 0.261 e. The highest BCUT2D eigenvalue weighted by Gasteiger charge is 2.18. The van der Waals surface area contributed by atoms with Crippen LogP contribution in [0.4, 0.5) is 0 Å². The molecule has 0 unspecified atom stereocenters. The lowest BCUT2D eigenvalue weighted by Gasteiger charge is -2.07. The number of hydrogen-bond acceptors (Lipinski definition) is 0. The fraction of sp³-hybridized carbons (Fsp3) is 0.780. The third kappa shape index (κ3) is 19.4. The van der Waals surface area contributed by atoms with Crippen LogP contribution in [0.15, 0.2) is 42.7 Å². The average molecular weight is 594 g/mol. The summed E-state index contributed by atoms with van der Waals surface area (Å²) in [5, 5.41) is 0. The van der Waals surface area contributed by atoms with E-state index in [-0.39, 0.29) is 0 Å². The third-order valence-corrected chi connectivity index (χ3v) is 9.55. The molecular formula is C41H73N2+. The van der Waals surface area contributed by atoms with Gasteiger partial charge in [0.1, 0.15) is 18.1 Å². The van der Waals surface area contributed by atoms with E-state index in [2.05, 4.69) is 65.7 Å². The van der Waals surface area contributed by atoms with Crippen LogP contribution in [0, 0.1) is 0 Å². The number of aryl methyl sites for hydroxylation is 1. The second-order valence-corrected chi connectivity index (χ2v) is 13.6. The molecule has 2 rings (SSSR count). The number of benzene rings is 1. The Balaban J connectivity index is 1.55. The van der Waals surface area contributed by atoms with E-state index in [0.29, 0.717) is 0 Å². The molecule has 0 N–H and O–H groups in total. The smallest absolute Gasteiger partial charge is 0.234 e. The lowest BCUT2D eigenvalue weighted by molar-refractivity contribution is -0.704. The zero-order valence-corrected chi connectivity index (χ0v) is 29.1. The summed E-state index contributed by atoms with van der Waals surface area (Å²) in [4.78, 5) is 0. The van der Waals surface area contributed by atoms with Crippen molar-refractivity contribution in [1.29, 1.82) is 0 Å². The molecule has 0 aliphatic carbocycles. The highest BCUT2D eigenvalue weighted by atomic mass is 15.1. The summed E-state index contributed by atoms with van der Waals surface area (Å²) < 4.78 is 5.01. The number of rotatable bonds is 31. The zero-order chi connectivity index (χ0) is 30.5. The maximum Gasteiger partial charge on any atom is 0.261 e. The lowest BCUT2D eigenvalue weighted by atomic mass is 10.0. The zero-order valence-electron chi connectivity index (χ0n) is 29.1. The topological polar surface area (TPSA) is 8.81 Å². The number of para-hydroxylation sites is 1. The summed E-state index contributed by atoms with van der Waals surface area (Å²) in [7, 11) is 0. The monoisotopic (exact) mass is 594 g/mol. The first kappa shape index (κ1) is 37.6. The van der Waals surface area contributed by atoms with Gasteiger partial charge in [-0.1, -0.05) is 193 Å². The fourth-order valence-electron chi connectivity index (χ4n) is 6.70. The minimum absolute atomic E-state index is 1.17. The minimum Gasteiger partial charge on any atom is -0.234 e. The van der Waals surface area contributed by atoms with Crippen molar-refractivity contribution in [2.75, 3.05) is 0 Å². The molecule has 2 nitrogen and oxygen atoms in total. The molecule has 0 amide bonds. The molecule has 1 aromatic carbocycles. The van der Waals surface area contributed by atoms with Gasteiger partial charge in [0.25, 0.3) is 5.82 Å². The molecule has 1 aromatic heterocycles. The number of imidazole rings is 1.